The van der Waals surface area contributed by atoms with Crippen molar-refractivity contribution in [3.63, 3.8) is 0 Å². The number of carbonyl (C=O) groups excluding carboxylic acids is 3. The van der Waals surface area contributed by atoms with Crippen LogP contribution in [0.3, 0.4) is 0 Å². The molecule has 0 saturated carbocycles. The topological polar surface area (TPSA) is 87.7 Å². The third-order valence-corrected chi connectivity index (χ3v) is 5.42. The number of benzene rings is 2. The van der Waals surface area contributed by atoms with Gasteiger partial charge in [-0.1, -0.05) is 36.4 Å². The van der Waals surface area contributed by atoms with Crippen LogP contribution in [0.4, 0.5) is 0 Å². The average molecular weight is 424 g/mol. The van der Waals surface area contributed by atoms with Crippen LogP contribution in [0.15, 0.2) is 54.6 Å². The number of ether oxygens (including phenoxy) is 1. The first-order valence-electron chi connectivity index (χ1n) is 10.5. The van der Waals surface area contributed by atoms with E-state index in [4.69, 9.17) is 4.74 Å². The molecule has 164 valence electrons. The minimum Gasteiger partial charge on any atom is -0.497 e. The van der Waals surface area contributed by atoms with Gasteiger partial charge in [-0.05, 0) is 36.6 Å². The lowest BCUT2D eigenvalue weighted by Crippen LogP contribution is -2.53. The van der Waals surface area contributed by atoms with E-state index in [0.717, 1.165) is 5.56 Å². The van der Waals surface area contributed by atoms with Crippen LogP contribution in [0.25, 0.3) is 0 Å². The van der Waals surface area contributed by atoms with Gasteiger partial charge in [0.05, 0.1) is 7.11 Å². The summed E-state index contributed by atoms with van der Waals surface area (Å²) >= 11 is 0. The Hall–Kier alpha value is -3.35. The third-order valence-electron chi connectivity index (χ3n) is 5.42. The van der Waals surface area contributed by atoms with Crippen molar-refractivity contribution in [2.24, 2.45) is 0 Å². The highest BCUT2D eigenvalue weighted by molar-refractivity contribution is 5.94. The molecule has 1 saturated heterocycles. The Morgan fingerprint density at radius 3 is 2.42 bits per heavy atom. The highest BCUT2D eigenvalue weighted by atomic mass is 16.5. The monoisotopic (exact) mass is 423 g/mol. The molecule has 1 atom stereocenters. The summed E-state index contributed by atoms with van der Waals surface area (Å²) < 4.78 is 5.20. The molecule has 0 radical (unpaired) electrons. The van der Waals surface area contributed by atoms with Gasteiger partial charge in [-0.15, -0.1) is 0 Å². The summed E-state index contributed by atoms with van der Waals surface area (Å²) in [4.78, 5) is 39.0. The molecule has 3 amide bonds. The number of carbonyl (C=O) groups is 3. The Labute approximate surface area is 182 Å². The average Bonchev–Trinajstić information content (AvgIpc) is 2.79. The van der Waals surface area contributed by atoms with Crippen LogP contribution >= 0.6 is 0 Å². The second-order valence-corrected chi connectivity index (χ2v) is 7.75. The van der Waals surface area contributed by atoms with Crippen LogP contribution in [-0.2, 0) is 16.0 Å². The van der Waals surface area contributed by atoms with Gasteiger partial charge in [0, 0.05) is 38.0 Å². The van der Waals surface area contributed by atoms with Gasteiger partial charge in [0.1, 0.15) is 11.8 Å². The number of likely N-dealkylation sites (tertiary alicyclic amines) is 1. The van der Waals surface area contributed by atoms with Gasteiger partial charge in [0.15, 0.2) is 0 Å². The van der Waals surface area contributed by atoms with E-state index in [1.165, 1.54) is 6.92 Å². The Balaban J connectivity index is 1.55. The molecular formula is C24H29N3O4. The van der Waals surface area contributed by atoms with E-state index in [0.29, 0.717) is 43.7 Å². The molecular weight excluding hydrogens is 394 g/mol. The minimum atomic E-state index is -0.628. The lowest BCUT2D eigenvalue weighted by molar-refractivity contribution is -0.128. The molecule has 0 aliphatic carbocycles. The second kappa shape index (κ2) is 10.6. The maximum absolute atomic E-state index is 12.8. The van der Waals surface area contributed by atoms with E-state index < -0.39 is 6.04 Å². The van der Waals surface area contributed by atoms with Gasteiger partial charge in [-0.3, -0.25) is 14.4 Å². The van der Waals surface area contributed by atoms with Gasteiger partial charge >= 0.3 is 0 Å². The maximum Gasteiger partial charge on any atom is 0.253 e. The molecule has 1 aliphatic heterocycles. The van der Waals surface area contributed by atoms with E-state index in [2.05, 4.69) is 10.6 Å². The van der Waals surface area contributed by atoms with Crippen molar-refractivity contribution in [3.05, 3.63) is 65.7 Å². The fourth-order valence-electron chi connectivity index (χ4n) is 3.77. The van der Waals surface area contributed by atoms with Crippen molar-refractivity contribution < 1.29 is 19.1 Å². The highest BCUT2D eigenvalue weighted by Gasteiger charge is 2.27. The molecule has 1 fully saturated rings. The van der Waals surface area contributed by atoms with Gasteiger partial charge in [0.25, 0.3) is 5.91 Å². The summed E-state index contributed by atoms with van der Waals surface area (Å²) in [5.41, 5.74) is 1.57. The van der Waals surface area contributed by atoms with E-state index in [1.807, 2.05) is 30.3 Å². The summed E-state index contributed by atoms with van der Waals surface area (Å²) in [6, 6.07) is 16.1. The number of rotatable bonds is 7. The number of piperidine rings is 1. The zero-order valence-electron chi connectivity index (χ0n) is 18.0. The Morgan fingerprint density at radius 1 is 1.06 bits per heavy atom. The number of amides is 3. The predicted octanol–water partition coefficient (Wildman–Crippen LogP) is 2.16. The van der Waals surface area contributed by atoms with Crippen molar-refractivity contribution in [3.8, 4) is 5.75 Å². The van der Waals surface area contributed by atoms with Crippen LogP contribution in [0.2, 0.25) is 0 Å². The quantitative estimate of drug-likeness (QED) is 0.715. The molecule has 31 heavy (non-hydrogen) atoms. The predicted molar refractivity (Wildman–Crippen MR) is 118 cm³/mol. The van der Waals surface area contributed by atoms with Crippen LogP contribution in [0.5, 0.6) is 5.75 Å². The normalized spacial score (nSPS) is 15.1. The zero-order chi connectivity index (χ0) is 22.2. The van der Waals surface area contributed by atoms with Gasteiger partial charge < -0.3 is 20.3 Å². The second-order valence-electron chi connectivity index (χ2n) is 7.75. The molecule has 1 heterocycles. The first-order chi connectivity index (χ1) is 15.0. The standard InChI is InChI=1S/C24H29N3O4/c1-17(28)25-22(15-18-7-4-3-5-8-18)23(29)26-20-11-13-27(14-12-20)24(30)19-9-6-10-21(16-19)31-2/h3-10,16,20,22H,11-15H2,1-2H3,(H,25,28)(H,26,29). The molecule has 0 spiro atoms. The molecule has 1 aliphatic rings. The number of methoxy groups -OCH3 is 1. The number of nitrogens with zero attached hydrogens (tertiary/aromatic N) is 1. The summed E-state index contributed by atoms with van der Waals surface area (Å²) in [6.45, 7) is 2.53. The largest absolute Gasteiger partial charge is 0.497 e. The van der Waals surface area contributed by atoms with E-state index in [-0.39, 0.29) is 23.8 Å². The summed E-state index contributed by atoms with van der Waals surface area (Å²) in [6.07, 6.45) is 1.76. The highest BCUT2D eigenvalue weighted by Crippen LogP contribution is 2.18. The Kier molecular flexibility index (Phi) is 7.65. The molecule has 3 rings (SSSR count). The molecule has 0 bridgehead atoms. The van der Waals surface area contributed by atoms with Crippen molar-refractivity contribution in [1.82, 2.24) is 15.5 Å². The lowest BCUT2D eigenvalue weighted by atomic mass is 10.0. The zero-order valence-corrected chi connectivity index (χ0v) is 18.0. The number of nitrogens with one attached hydrogen (secondary N) is 2. The van der Waals surface area contributed by atoms with Crippen molar-refractivity contribution in [2.75, 3.05) is 20.2 Å². The van der Waals surface area contributed by atoms with E-state index in [1.54, 1.807) is 36.3 Å². The fraction of sp³-hybridized carbons (Fsp3) is 0.375. The fourth-order valence-corrected chi connectivity index (χ4v) is 3.77. The summed E-state index contributed by atoms with van der Waals surface area (Å²) in [5, 5.41) is 5.80. The van der Waals surface area contributed by atoms with Crippen LogP contribution in [0.1, 0.15) is 35.7 Å². The Morgan fingerprint density at radius 2 is 1.77 bits per heavy atom. The van der Waals surface area contributed by atoms with Gasteiger partial charge in [-0.25, -0.2) is 0 Å². The van der Waals surface area contributed by atoms with E-state index >= 15 is 0 Å². The van der Waals surface area contributed by atoms with Crippen LogP contribution in [0, 0.1) is 0 Å². The third kappa shape index (κ3) is 6.31. The first-order valence-corrected chi connectivity index (χ1v) is 10.5. The van der Waals surface area contributed by atoms with Crippen molar-refractivity contribution in [2.45, 2.75) is 38.3 Å². The SMILES string of the molecule is COc1cccc(C(=O)N2CCC(NC(=O)C(Cc3ccccc3)NC(C)=O)CC2)c1. The minimum absolute atomic E-state index is 0.0334. The van der Waals surface area contributed by atoms with Gasteiger partial charge in [-0.2, -0.15) is 0 Å². The van der Waals surface area contributed by atoms with Crippen LogP contribution < -0.4 is 15.4 Å². The molecule has 7 nitrogen and oxygen atoms in total. The smallest absolute Gasteiger partial charge is 0.253 e. The number of hydrogen-bond donors (Lipinski definition) is 2. The maximum atomic E-state index is 12.8. The van der Waals surface area contributed by atoms with Gasteiger partial charge in [0.2, 0.25) is 11.8 Å². The van der Waals surface area contributed by atoms with E-state index in [9.17, 15) is 14.4 Å². The molecule has 2 aromatic carbocycles. The lowest BCUT2D eigenvalue weighted by Gasteiger charge is -2.33. The molecule has 2 aromatic rings. The van der Waals surface area contributed by atoms with Crippen molar-refractivity contribution in [1.29, 1.82) is 0 Å². The molecule has 2 N–H and O–H groups in total. The summed E-state index contributed by atoms with van der Waals surface area (Å²) in [7, 11) is 1.57. The number of hydrogen-bond acceptors (Lipinski definition) is 4. The molecule has 0 aromatic heterocycles. The first kappa shape index (κ1) is 22.3. The Bertz CT molecular complexity index is 908. The van der Waals surface area contributed by atoms with Crippen LogP contribution in [-0.4, -0.2) is 54.9 Å². The van der Waals surface area contributed by atoms with Crippen molar-refractivity contribution >= 4 is 17.7 Å². The molecule has 1 unspecified atom stereocenters. The summed E-state index contributed by atoms with van der Waals surface area (Å²) in [5.74, 6) is 0.172. The molecule has 7 heteroatoms.